The number of hydrogen-bond acceptors (Lipinski definition) is 5. The number of amides is 1. The molecule has 1 aromatic carbocycles. The Balaban J connectivity index is 2.03. The number of hydrogen-bond donors (Lipinski definition) is 2. The molecule has 1 aromatic heterocycles. The van der Waals surface area contributed by atoms with E-state index in [1.165, 1.54) is 13.1 Å². The smallest absolute Gasteiger partial charge is 0.231 e. The number of anilines is 3. The largest absolute Gasteiger partial charge is 0.492 e. The predicted molar refractivity (Wildman–Crippen MR) is 89.1 cm³/mol. The lowest BCUT2D eigenvalue weighted by Gasteiger charge is -2.12. The first-order valence-corrected chi connectivity index (χ1v) is 7.32. The van der Waals surface area contributed by atoms with Crippen LogP contribution >= 0.6 is 0 Å². The highest BCUT2D eigenvalue weighted by Crippen LogP contribution is 2.26. The van der Waals surface area contributed by atoms with E-state index in [2.05, 4.69) is 15.6 Å². The Morgan fingerprint density at radius 1 is 1.17 bits per heavy atom. The summed E-state index contributed by atoms with van der Waals surface area (Å²) >= 11 is 0. The van der Waals surface area contributed by atoms with E-state index < -0.39 is 0 Å². The van der Waals surface area contributed by atoms with Gasteiger partial charge in [0.05, 0.1) is 30.6 Å². The molecule has 2 rings (SSSR count). The van der Waals surface area contributed by atoms with Crippen molar-refractivity contribution < 1.29 is 14.3 Å². The van der Waals surface area contributed by atoms with Crippen molar-refractivity contribution in [1.82, 2.24) is 4.98 Å². The first-order chi connectivity index (χ1) is 11.1. The molecule has 0 aliphatic carbocycles. The molecular formula is C17H19N3O3. The number of nitrogens with one attached hydrogen (secondary N) is 2. The maximum Gasteiger partial charge on any atom is 0.231 e. The Morgan fingerprint density at radius 2 is 1.96 bits per heavy atom. The van der Waals surface area contributed by atoms with Gasteiger partial charge in [0.1, 0.15) is 17.4 Å². The van der Waals surface area contributed by atoms with E-state index in [1.54, 1.807) is 12.1 Å². The van der Waals surface area contributed by atoms with Crippen LogP contribution in [0.25, 0.3) is 0 Å². The Kier molecular flexibility index (Phi) is 5.68. The number of carbonyl (C=O) groups excluding carboxylic acids is 2. The molecule has 1 heterocycles. The molecule has 120 valence electrons. The summed E-state index contributed by atoms with van der Waals surface area (Å²) in [5.41, 5.74) is 1.36. The fraction of sp³-hybridized carbons (Fsp3) is 0.235. The van der Waals surface area contributed by atoms with Crippen LogP contribution in [0.2, 0.25) is 0 Å². The van der Waals surface area contributed by atoms with Gasteiger partial charge in [0.25, 0.3) is 0 Å². The van der Waals surface area contributed by atoms with E-state index in [0.717, 1.165) is 11.4 Å². The van der Waals surface area contributed by atoms with Crippen molar-refractivity contribution in [3.05, 3.63) is 42.6 Å². The van der Waals surface area contributed by atoms with Gasteiger partial charge >= 0.3 is 0 Å². The lowest BCUT2D eigenvalue weighted by Crippen LogP contribution is -2.14. The summed E-state index contributed by atoms with van der Waals surface area (Å²) in [6, 6.07) is 11.0. The summed E-state index contributed by atoms with van der Waals surface area (Å²) in [5, 5.41) is 5.79. The van der Waals surface area contributed by atoms with Crippen LogP contribution < -0.4 is 15.4 Å². The number of rotatable bonds is 7. The molecule has 0 saturated heterocycles. The highest BCUT2D eigenvalue weighted by Gasteiger charge is 2.07. The van der Waals surface area contributed by atoms with Crippen molar-refractivity contribution in [1.29, 1.82) is 0 Å². The Labute approximate surface area is 134 Å². The number of aromatic nitrogens is 1. The molecule has 2 aromatic rings. The van der Waals surface area contributed by atoms with Crippen LogP contribution in [-0.4, -0.2) is 23.3 Å². The average Bonchev–Trinajstić information content (AvgIpc) is 2.50. The van der Waals surface area contributed by atoms with Crippen LogP contribution in [-0.2, 0) is 9.59 Å². The van der Waals surface area contributed by atoms with Gasteiger partial charge in [-0.05, 0) is 38.1 Å². The van der Waals surface area contributed by atoms with Gasteiger partial charge in [0.15, 0.2) is 0 Å². The molecule has 23 heavy (non-hydrogen) atoms. The fourth-order valence-electron chi connectivity index (χ4n) is 1.96. The number of para-hydroxylation sites is 2. The molecule has 6 nitrogen and oxygen atoms in total. The van der Waals surface area contributed by atoms with Gasteiger partial charge in [-0.1, -0.05) is 12.1 Å². The van der Waals surface area contributed by atoms with E-state index in [1.807, 2.05) is 31.2 Å². The van der Waals surface area contributed by atoms with E-state index in [0.29, 0.717) is 18.1 Å². The molecule has 0 aliphatic rings. The van der Waals surface area contributed by atoms with Crippen LogP contribution in [0.1, 0.15) is 20.3 Å². The van der Waals surface area contributed by atoms with Crippen molar-refractivity contribution in [3.8, 4) is 5.75 Å². The van der Waals surface area contributed by atoms with Crippen LogP contribution in [0.3, 0.4) is 0 Å². The quantitative estimate of drug-likeness (QED) is 0.768. The minimum Gasteiger partial charge on any atom is -0.492 e. The fourth-order valence-corrected chi connectivity index (χ4v) is 1.96. The first kappa shape index (κ1) is 16.5. The third-order valence-corrected chi connectivity index (χ3v) is 2.91. The second-order valence-corrected chi connectivity index (χ2v) is 4.91. The molecule has 0 spiro atoms. The molecule has 0 atom stereocenters. The average molecular weight is 313 g/mol. The van der Waals surface area contributed by atoms with E-state index >= 15 is 0 Å². The van der Waals surface area contributed by atoms with Gasteiger partial charge in [-0.2, -0.15) is 0 Å². The van der Waals surface area contributed by atoms with Crippen LogP contribution in [0, 0.1) is 0 Å². The second kappa shape index (κ2) is 7.93. The lowest BCUT2D eigenvalue weighted by atomic mass is 10.3. The number of ketones is 1. The van der Waals surface area contributed by atoms with Crippen LogP contribution in [0.5, 0.6) is 5.75 Å². The Hall–Kier alpha value is -2.89. The molecule has 0 fully saturated rings. The number of pyridine rings is 1. The van der Waals surface area contributed by atoms with Gasteiger partial charge in [0.2, 0.25) is 5.91 Å². The van der Waals surface area contributed by atoms with Gasteiger partial charge in [-0.15, -0.1) is 0 Å². The number of Topliss-reactive ketones (excluding diaryl/α,β-unsaturated/α-hetero) is 1. The monoisotopic (exact) mass is 313 g/mol. The van der Waals surface area contributed by atoms with Crippen molar-refractivity contribution in [2.75, 3.05) is 17.2 Å². The Morgan fingerprint density at radius 3 is 2.61 bits per heavy atom. The Bertz CT molecular complexity index is 684. The van der Waals surface area contributed by atoms with Crippen molar-refractivity contribution in [2.24, 2.45) is 0 Å². The molecule has 0 bridgehead atoms. The third kappa shape index (κ3) is 5.10. The molecule has 1 amide bonds. The number of carbonyl (C=O) groups is 2. The van der Waals surface area contributed by atoms with E-state index in [-0.39, 0.29) is 18.1 Å². The van der Waals surface area contributed by atoms with Crippen molar-refractivity contribution in [2.45, 2.75) is 20.3 Å². The predicted octanol–water partition coefficient (Wildman–Crippen LogP) is 3.14. The molecule has 0 saturated carbocycles. The third-order valence-electron chi connectivity index (χ3n) is 2.91. The molecule has 2 N–H and O–H groups in total. The lowest BCUT2D eigenvalue weighted by molar-refractivity contribution is -0.124. The highest BCUT2D eigenvalue weighted by molar-refractivity contribution is 6.03. The van der Waals surface area contributed by atoms with Crippen LogP contribution in [0.4, 0.5) is 17.2 Å². The van der Waals surface area contributed by atoms with Crippen molar-refractivity contribution >= 4 is 28.9 Å². The zero-order valence-corrected chi connectivity index (χ0v) is 13.1. The standard InChI is InChI=1S/C17H19N3O3/c1-3-23-15-7-5-4-6-14(15)20-16-9-8-13(11-18-16)19-17(22)10-12(2)21/h4-9,11H,3,10H2,1-2H3,(H,18,20)(H,19,22). The first-order valence-electron chi connectivity index (χ1n) is 7.32. The van der Waals surface area contributed by atoms with E-state index in [4.69, 9.17) is 4.74 Å². The minimum absolute atomic E-state index is 0.137. The summed E-state index contributed by atoms with van der Waals surface area (Å²) in [6.45, 7) is 3.88. The zero-order valence-electron chi connectivity index (χ0n) is 13.1. The normalized spacial score (nSPS) is 10.0. The maximum absolute atomic E-state index is 11.5. The SMILES string of the molecule is CCOc1ccccc1Nc1ccc(NC(=O)CC(C)=O)cn1. The molecule has 0 aliphatic heterocycles. The van der Waals surface area contributed by atoms with E-state index in [9.17, 15) is 9.59 Å². The number of benzene rings is 1. The summed E-state index contributed by atoms with van der Waals surface area (Å²) < 4.78 is 5.54. The second-order valence-electron chi connectivity index (χ2n) is 4.91. The summed E-state index contributed by atoms with van der Waals surface area (Å²) in [5.74, 6) is 0.848. The van der Waals surface area contributed by atoms with Crippen LogP contribution in [0.15, 0.2) is 42.6 Å². The number of ether oxygens (including phenoxy) is 1. The van der Waals surface area contributed by atoms with Gasteiger partial charge in [0, 0.05) is 0 Å². The molecule has 0 unspecified atom stereocenters. The van der Waals surface area contributed by atoms with Gasteiger partial charge in [-0.3, -0.25) is 9.59 Å². The topological polar surface area (TPSA) is 80.3 Å². The highest BCUT2D eigenvalue weighted by atomic mass is 16.5. The summed E-state index contributed by atoms with van der Waals surface area (Å²) in [6.07, 6.45) is 1.39. The summed E-state index contributed by atoms with van der Waals surface area (Å²) in [7, 11) is 0. The minimum atomic E-state index is -0.346. The molecular weight excluding hydrogens is 294 g/mol. The molecule has 6 heteroatoms. The van der Waals surface area contributed by atoms with Gasteiger partial charge < -0.3 is 15.4 Å². The maximum atomic E-state index is 11.5. The number of nitrogens with zero attached hydrogens (tertiary/aromatic N) is 1. The zero-order chi connectivity index (χ0) is 16.7. The summed E-state index contributed by atoms with van der Waals surface area (Å²) in [4.78, 5) is 26.7. The van der Waals surface area contributed by atoms with Gasteiger partial charge in [-0.25, -0.2) is 4.98 Å². The van der Waals surface area contributed by atoms with Crippen molar-refractivity contribution in [3.63, 3.8) is 0 Å². The molecule has 0 radical (unpaired) electrons.